The molecule has 3 heteroatoms. The van der Waals surface area contributed by atoms with E-state index in [1.165, 1.54) is 5.56 Å². The predicted molar refractivity (Wildman–Crippen MR) is 83.7 cm³/mol. The van der Waals surface area contributed by atoms with Crippen molar-refractivity contribution in [1.82, 2.24) is 0 Å². The van der Waals surface area contributed by atoms with E-state index in [2.05, 4.69) is 13.0 Å². The molecule has 3 nitrogen and oxygen atoms in total. The van der Waals surface area contributed by atoms with E-state index in [0.717, 1.165) is 29.9 Å². The molecule has 0 bridgehead atoms. The summed E-state index contributed by atoms with van der Waals surface area (Å²) in [4.78, 5) is 0. The average Bonchev–Trinajstić information content (AvgIpc) is 2.95. The van der Waals surface area contributed by atoms with Crippen molar-refractivity contribution in [1.29, 1.82) is 0 Å². The number of fused-ring (bicyclic) bond motifs is 1. The smallest absolute Gasteiger partial charge is 0.137 e. The van der Waals surface area contributed by atoms with E-state index in [1.807, 2.05) is 42.5 Å². The van der Waals surface area contributed by atoms with Gasteiger partial charge < -0.3 is 15.2 Å². The van der Waals surface area contributed by atoms with E-state index in [4.69, 9.17) is 15.2 Å². The molecule has 0 aromatic heterocycles. The Kier molecular flexibility index (Phi) is 4.11. The third-order valence-electron chi connectivity index (χ3n) is 3.90. The molecule has 1 aliphatic rings. The van der Waals surface area contributed by atoms with Crippen LogP contribution in [-0.2, 0) is 6.42 Å². The van der Waals surface area contributed by atoms with Crippen LogP contribution in [0.2, 0.25) is 0 Å². The first kappa shape index (κ1) is 14.0. The van der Waals surface area contributed by atoms with Gasteiger partial charge in [-0.2, -0.15) is 0 Å². The van der Waals surface area contributed by atoms with Crippen LogP contribution in [0.25, 0.3) is 0 Å². The fourth-order valence-electron chi connectivity index (χ4n) is 2.58. The van der Waals surface area contributed by atoms with Gasteiger partial charge >= 0.3 is 0 Å². The SMILES string of the molecule is CC[C@@H](N)c1ccc(OCC2Cc3ccccc3O2)cc1. The van der Waals surface area contributed by atoms with Gasteiger partial charge in [0.05, 0.1) is 0 Å². The molecule has 2 N–H and O–H groups in total. The van der Waals surface area contributed by atoms with Crippen molar-refractivity contribution in [3.8, 4) is 11.5 Å². The minimum absolute atomic E-state index is 0.0972. The molecular weight excluding hydrogens is 262 g/mol. The van der Waals surface area contributed by atoms with Crippen molar-refractivity contribution >= 4 is 0 Å². The summed E-state index contributed by atoms with van der Waals surface area (Å²) in [5.74, 6) is 1.84. The summed E-state index contributed by atoms with van der Waals surface area (Å²) < 4.78 is 11.7. The molecule has 1 aliphatic heterocycles. The third kappa shape index (κ3) is 3.19. The summed E-state index contributed by atoms with van der Waals surface area (Å²) >= 11 is 0. The Balaban J connectivity index is 1.55. The van der Waals surface area contributed by atoms with Gasteiger partial charge in [-0.05, 0) is 35.7 Å². The largest absolute Gasteiger partial charge is 0.490 e. The minimum Gasteiger partial charge on any atom is -0.490 e. The first-order chi connectivity index (χ1) is 10.3. The molecule has 110 valence electrons. The molecule has 0 fully saturated rings. The topological polar surface area (TPSA) is 44.5 Å². The zero-order valence-electron chi connectivity index (χ0n) is 12.3. The molecule has 0 spiro atoms. The maximum absolute atomic E-state index is 6.01. The molecule has 2 aromatic carbocycles. The maximum Gasteiger partial charge on any atom is 0.137 e. The summed E-state index contributed by atoms with van der Waals surface area (Å²) in [7, 11) is 0. The first-order valence-corrected chi connectivity index (χ1v) is 7.49. The van der Waals surface area contributed by atoms with Gasteiger partial charge in [0.1, 0.15) is 24.2 Å². The fourth-order valence-corrected chi connectivity index (χ4v) is 2.58. The molecule has 1 unspecified atom stereocenters. The second kappa shape index (κ2) is 6.19. The van der Waals surface area contributed by atoms with Crippen LogP contribution in [0.15, 0.2) is 48.5 Å². The summed E-state index contributed by atoms with van der Waals surface area (Å²) in [5, 5.41) is 0. The zero-order valence-corrected chi connectivity index (χ0v) is 12.3. The molecule has 0 amide bonds. The summed E-state index contributed by atoms with van der Waals surface area (Å²) in [5.41, 5.74) is 8.41. The lowest BCUT2D eigenvalue weighted by Gasteiger charge is -2.14. The number of hydrogen-bond acceptors (Lipinski definition) is 3. The second-order valence-corrected chi connectivity index (χ2v) is 5.45. The Morgan fingerprint density at radius 1 is 1.19 bits per heavy atom. The predicted octanol–water partition coefficient (Wildman–Crippen LogP) is 3.48. The number of hydrogen-bond donors (Lipinski definition) is 1. The van der Waals surface area contributed by atoms with Gasteiger partial charge in [0.15, 0.2) is 0 Å². The van der Waals surface area contributed by atoms with Crippen molar-refractivity contribution in [2.45, 2.75) is 31.9 Å². The van der Waals surface area contributed by atoms with Crippen LogP contribution in [-0.4, -0.2) is 12.7 Å². The van der Waals surface area contributed by atoms with Gasteiger partial charge in [0, 0.05) is 12.5 Å². The van der Waals surface area contributed by atoms with Gasteiger partial charge in [0.25, 0.3) is 0 Å². The van der Waals surface area contributed by atoms with Gasteiger partial charge in [0.2, 0.25) is 0 Å². The maximum atomic E-state index is 6.01. The molecule has 0 saturated carbocycles. The van der Waals surface area contributed by atoms with Crippen LogP contribution in [0.5, 0.6) is 11.5 Å². The van der Waals surface area contributed by atoms with Crippen LogP contribution in [0, 0.1) is 0 Å². The van der Waals surface area contributed by atoms with Crippen molar-refractivity contribution in [3.63, 3.8) is 0 Å². The van der Waals surface area contributed by atoms with E-state index in [0.29, 0.717) is 6.61 Å². The standard InChI is InChI=1S/C18H21NO2/c1-2-17(19)13-7-9-15(10-8-13)20-12-16-11-14-5-3-4-6-18(14)21-16/h3-10,16-17H,2,11-12,19H2,1H3/t16?,17-/m1/s1. The molecule has 2 aromatic rings. The van der Waals surface area contributed by atoms with E-state index >= 15 is 0 Å². The summed E-state index contributed by atoms with van der Waals surface area (Å²) in [6.45, 7) is 2.65. The van der Waals surface area contributed by atoms with E-state index < -0.39 is 0 Å². The summed E-state index contributed by atoms with van der Waals surface area (Å²) in [6.07, 6.45) is 1.95. The molecule has 1 heterocycles. The number of nitrogens with two attached hydrogens (primary N) is 1. The molecule has 2 atom stereocenters. The molecule has 0 saturated heterocycles. The Morgan fingerprint density at radius 2 is 1.95 bits per heavy atom. The van der Waals surface area contributed by atoms with Crippen LogP contribution >= 0.6 is 0 Å². The highest BCUT2D eigenvalue weighted by molar-refractivity contribution is 5.37. The van der Waals surface area contributed by atoms with E-state index in [9.17, 15) is 0 Å². The third-order valence-corrected chi connectivity index (χ3v) is 3.90. The molecule has 21 heavy (non-hydrogen) atoms. The number of rotatable bonds is 5. The van der Waals surface area contributed by atoms with Crippen molar-refractivity contribution in [2.75, 3.05) is 6.61 Å². The molecule has 0 radical (unpaired) electrons. The quantitative estimate of drug-likeness (QED) is 0.913. The number of benzene rings is 2. The minimum atomic E-state index is 0.0972. The number of ether oxygens (including phenoxy) is 2. The van der Waals surface area contributed by atoms with Gasteiger partial charge in [-0.25, -0.2) is 0 Å². The highest BCUT2D eigenvalue weighted by Gasteiger charge is 2.22. The van der Waals surface area contributed by atoms with Gasteiger partial charge in [-0.1, -0.05) is 37.3 Å². The Morgan fingerprint density at radius 3 is 2.67 bits per heavy atom. The lowest BCUT2D eigenvalue weighted by molar-refractivity contribution is 0.148. The Hall–Kier alpha value is -2.00. The van der Waals surface area contributed by atoms with Crippen LogP contribution < -0.4 is 15.2 Å². The zero-order chi connectivity index (χ0) is 14.7. The highest BCUT2D eigenvalue weighted by atomic mass is 16.5. The van der Waals surface area contributed by atoms with Crippen molar-refractivity contribution in [3.05, 3.63) is 59.7 Å². The van der Waals surface area contributed by atoms with Crippen LogP contribution in [0.1, 0.15) is 30.5 Å². The normalized spacial score (nSPS) is 17.9. The van der Waals surface area contributed by atoms with Crippen molar-refractivity contribution in [2.24, 2.45) is 5.73 Å². The van der Waals surface area contributed by atoms with E-state index in [1.54, 1.807) is 0 Å². The molecule has 3 rings (SSSR count). The second-order valence-electron chi connectivity index (χ2n) is 5.45. The van der Waals surface area contributed by atoms with Gasteiger partial charge in [-0.3, -0.25) is 0 Å². The lowest BCUT2D eigenvalue weighted by Crippen LogP contribution is -2.22. The monoisotopic (exact) mass is 283 g/mol. The fraction of sp³-hybridized carbons (Fsp3) is 0.333. The highest BCUT2D eigenvalue weighted by Crippen LogP contribution is 2.28. The lowest BCUT2D eigenvalue weighted by atomic mass is 10.1. The van der Waals surface area contributed by atoms with Gasteiger partial charge in [-0.15, -0.1) is 0 Å². The van der Waals surface area contributed by atoms with Crippen LogP contribution in [0.4, 0.5) is 0 Å². The van der Waals surface area contributed by atoms with Crippen molar-refractivity contribution < 1.29 is 9.47 Å². The summed E-state index contributed by atoms with van der Waals surface area (Å²) in [6, 6.07) is 16.3. The Labute approximate surface area is 125 Å². The number of para-hydroxylation sites is 1. The van der Waals surface area contributed by atoms with Crippen LogP contribution in [0.3, 0.4) is 0 Å². The molecule has 0 aliphatic carbocycles. The first-order valence-electron chi connectivity index (χ1n) is 7.49. The average molecular weight is 283 g/mol. The molecular formula is C18H21NO2. The van der Waals surface area contributed by atoms with E-state index in [-0.39, 0.29) is 12.1 Å². The Bertz CT molecular complexity index is 569.